The van der Waals surface area contributed by atoms with Crippen LogP contribution in [0, 0.1) is 5.92 Å². The Bertz CT molecular complexity index is 804. The zero-order valence-electron chi connectivity index (χ0n) is 18.0. The lowest BCUT2D eigenvalue weighted by atomic mass is 9.72. The molecule has 2 nitrogen and oxygen atoms in total. The average molecular weight is 411 g/mol. The van der Waals surface area contributed by atoms with Crippen molar-refractivity contribution in [2.75, 3.05) is 14.2 Å². The minimum absolute atomic E-state index is 0.491. The van der Waals surface area contributed by atoms with E-state index in [1.807, 2.05) is 19.2 Å². The van der Waals surface area contributed by atoms with Crippen molar-refractivity contribution in [1.82, 2.24) is 0 Å². The van der Waals surface area contributed by atoms with E-state index in [9.17, 15) is 0 Å². The summed E-state index contributed by atoms with van der Waals surface area (Å²) in [6, 6.07) is 15.0. The molecule has 3 heteroatoms. The molecule has 29 heavy (non-hydrogen) atoms. The summed E-state index contributed by atoms with van der Waals surface area (Å²) in [5.74, 6) is 2.86. The fourth-order valence-corrected chi connectivity index (χ4v) is 7.84. The number of ether oxygens (including phenoxy) is 2. The summed E-state index contributed by atoms with van der Waals surface area (Å²) in [4.78, 5) is 0. The van der Waals surface area contributed by atoms with Gasteiger partial charge >= 0.3 is 0 Å². The summed E-state index contributed by atoms with van der Waals surface area (Å²) in [6.45, 7) is 0. The molecule has 156 valence electrons. The topological polar surface area (TPSA) is 18.5 Å². The molecule has 2 aromatic rings. The number of rotatable bonds is 6. The van der Waals surface area contributed by atoms with E-state index in [0.717, 1.165) is 37.1 Å². The average Bonchev–Trinajstić information content (AvgIpc) is 2.80. The van der Waals surface area contributed by atoms with Gasteiger partial charge in [0.2, 0.25) is 0 Å². The lowest BCUT2D eigenvalue weighted by Crippen LogP contribution is -2.38. The van der Waals surface area contributed by atoms with Crippen molar-refractivity contribution >= 4 is 13.9 Å². The maximum atomic E-state index is 6.06. The highest BCUT2D eigenvalue weighted by atomic mass is 31.1. The van der Waals surface area contributed by atoms with Crippen molar-refractivity contribution < 1.29 is 9.47 Å². The van der Waals surface area contributed by atoms with E-state index >= 15 is 0 Å². The zero-order valence-corrected chi connectivity index (χ0v) is 19.0. The van der Waals surface area contributed by atoms with Gasteiger partial charge in [-0.1, -0.05) is 83.5 Å². The monoisotopic (exact) mass is 410 g/mol. The molecule has 0 heterocycles. The van der Waals surface area contributed by atoms with Gasteiger partial charge in [-0.05, 0) is 42.8 Å². The predicted octanol–water partition coefficient (Wildman–Crippen LogP) is 6.96. The summed E-state index contributed by atoms with van der Waals surface area (Å²) >= 11 is 0. The Hall–Kier alpha value is -1.53. The molecule has 0 N–H and O–H groups in total. The van der Waals surface area contributed by atoms with Gasteiger partial charge in [0, 0.05) is 16.4 Å². The molecule has 1 atom stereocenters. The smallest absolute Gasteiger partial charge is 0.134 e. The third kappa shape index (κ3) is 4.33. The van der Waals surface area contributed by atoms with Crippen LogP contribution in [-0.4, -0.2) is 19.4 Å². The van der Waals surface area contributed by atoms with Crippen LogP contribution >= 0.6 is 8.58 Å². The van der Waals surface area contributed by atoms with Crippen molar-refractivity contribution in [2.24, 2.45) is 5.92 Å². The molecule has 2 aliphatic rings. The molecule has 0 aromatic heterocycles. The van der Waals surface area contributed by atoms with Crippen LogP contribution in [-0.2, 0) is 0 Å². The van der Waals surface area contributed by atoms with E-state index in [4.69, 9.17) is 9.47 Å². The van der Waals surface area contributed by atoms with Crippen LogP contribution in [0.1, 0.15) is 64.2 Å². The Balaban J connectivity index is 1.72. The molecule has 0 saturated heterocycles. The fourth-order valence-electron chi connectivity index (χ4n) is 5.68. The third-order valence-corrected chi connectivity index (χ3v) is 9.20. The van der Waals surface area contributed by atoms with Crippen LogP contribution in [0.25, 0.3) is 11.1 Å². The van der Waals surface area contributed by atoms with Crippen LogP contribution in [0.2, 0.25) is 0 Å². The Kier molecular flexibility index (Phi) is 6.81. The molecule has 0 amide bonds. The van der Waals surface area contributed by atoms with E-state index in [1.54, 1.807) is 7.11 Å². The first kappa shape index (κ1) is 20.7. The minimum atomic E-state index is 0.491. The van der Waals surface area contributed by atoms with Crippen LogP contribution in [0.15, 0.2) is 42.5 Å². The maximum absolute atomic E-state index is 6.06. The SMILES string of the molecule is COc1ccccc1-c1cccc(PC2(C3CCCCC3)CCCCC2)c1OC. The number of hydrogen-bond donors (Lipinski definition) is 0. The summed E-state index contributed by atoms with van der Waals surface area (Å²) in [6.07, 6.45) is 14.2. The van der Waals surface area contributed by atoms with Crippen molar-refractivity contribution in [2.45, 2.75) is 69.4 Å². The predicted molar refractivity (Wildman–Crippen MR) is 125 cm³/mol. The highest BCUT2D eigenvalue weighted by molar-refractivity contribution is 7.49. The molecule has 0 spiro atoms. The lowest BCUT2D eigenvalue weighted by Gasteiger charge is -2.46. The van der Waals surface area contributed by atoms with Gasteiger partial charge < -0.3 is 9.47 Å². The van der Waals surface area contributed by atoms with E-state index in [2.05, 4.69) is 30.3 Å². The van der Waals surface area contributed by atoms with E-state index in [0.29, 0.717) is 5.16 Å². The number of para-hydroxylation sites is 2. The second-order valence-electron chi connectivity index (χ2n) is 8.76. The van der Waals surface area contributed by atoms with Gasteiger partial charge in [-0.3, -0.25) is 0 Å². The standard InChI is InChI=1S/C26H35O2P/c1-27-23-16-8-7-14-21(23)22-15-11-17-24(25(22)28-2)29-26(18-9-4-10-19-26)20-12-5-3-6-13-20/h7-8,11,14-17,20,29H,3-6,9-10,12-13,18-19H2,1-2H3. The van der Waals surface area contributed by atoms with Gasteiger partial charge in [0.25, 0.3) is 0 Å². The fraction of sp³-hybridized carbons (Fsp3) is 0.538. The zero-order chi connectivity index (χ0) is 20.1. The molecule has 2 saturated carbocycles. The minimum Gasteiger partial charge on any atom is -0.496 e. The Morgan fingerprint density at radius 2 is 1.45 bits per heavy atom. The summed E-state index contributed by atoms with van der Waals surface area (Å²) in [7, 11) is 4.41. The Morgan fingerprint density at radius 3 is 2.17 bits per heavy atom. The summed E-state index contributed by atoms with van der Waals surface area (Å²) < 4.78 is 11.7. The van der Waals surface area contributed by atoms with Crippen LogP contribution in [0.5, 0.6) is 11.5 Å². The molecule has 2 aliphatic carbocycles. The number of hydrogen-bond acceptors (Lipinski definition) is 2. The summed E-state index contributed by atoms with van der Waals surface area (Å²) in [5, 5.41) is 1.90. The van der Waals surface area contributed by atoms with E-state index < -0.39 is 0 Å². The van der Waals surface area contributed by atoms with Crippen molar-refractivity contribution in [3.05, 3.63) is 42.5 Å². The molecule has 0 aliphatic heterocycles. The highest BCUT2D eigenvalue weighted by Crippen LogP contribution is 2.54. The molecule has 2 aromatic carbocycles. The molecular weight excluding hydrogens is 375 g/mol. The quantitative estimate of drug-likeness (QED) is 0.479. The second-order valence-corrected chi connectivity index (χ2v) is 10.5. The van der Waals surface area contributed by atoms with Gasteiger partial charge in [0.05, 0.1) is 14.2 Å². The third-order valence-electron chi connectivity index (χ3n) is 7.13. The highest BCUT2D eigenvalue weighted by Gasteiger charge is 2.40. The van der Waals surface area contributed by atoms with Gasteiger partial charge in [0.1, 0.15) is 11.5 Å². The molecule has 0 bridgehead atoms. The van der Waals surface area contributed by atoms with Crippen LogP contribution in [0.4, 0.5) is 0 Å². The van der Waals surface area contributed by atoms with Gasteiger partial charge in [0.15, 0.2) is 0 Å². The van der Waals surface area contributed by atoms with Crippen molar-refractivity contribution in [1.29, 1.82) is 0 Å². The molecule has 2 fully saturated rings. The largest absolute Gasteiger partial charge is 0.496 e. The Labute approximate surface area is 178 Å². The van der Waals surface area contributed by atoms with E-state index in [1.165, 1.54) is 69.5 Å². The molecular formula is C26H35O2P. The summed E-state index contributed by atoms with van der Waals surface area (Å²) in [5.41, 5.74) is 2.28. The van der Waals surface area contributed by atoms with Gasteiger partial charge in [-0.25, -0.2) is 0 Å². The molecule has 1 unspecified atom stereocenters. The van der Waals surface area contributed by atoms with Crippen LogP contribution < -0.4 is 14.8 Å². The molecule has 0 radical (unpaired) electrons. The van der Waals surface area contributed by atoms with Crippen molar-refractivity contribution in [3.8, 4) is 22.6 Å². The lowest BCUT2D eigenvalue weighted by molar-refractivity contribution is 0.225. The first-order chi connectivity index (χ1) is 14.3. The van der Waals surface area contributed by atoms with Crippen molar-refractivity contribution in [3.63, 3.8) is 0 Å². The Morgan fingerprint density at radius 1 is 0.759 bits per heavy atom. The first-order valence-electron chi connectivity index (χ1n) is 11.4. The number of benzene rings is 2. The van der Waals surface area contributed by atoms with Crippen LogP contribution in [0.3, 0.4) is 0 Å². The van der Waals surface area contributed by atoms with Gasteiger partial charge in [-0.2, -0.15) is 0 Å². The normalized spacial score (nSPS) is 20.1. The number of methoxy groups -OCH3 is 2. The van der Waals surface area contributed by atoms with E-state index in [-0.39, 0.29) is 0 Å². The second kappa shape index (κ2) is 9.52. The maximum Gasteiger partial charge on any atom is 0.134 e. The molecule has 4 rings (SSSR count). The first-order valence-corrected chi connectivity index (χ1v) is 12.4. The van der Waals surface area contributed by atoms with Gasteiger partial charge in [-0.15, -0.1) is 0 Å².